The Labute approximate surface area is 74.7 Å². The van der Waals surface area contributed by atoms with Crippen molar-refractivity contribution < 1.29 is 19.1 Å². The van der Waals surface area contributed by atoms with Crippen molar-refractivity contribution >= 4 is 12.1 Å². The normalized spacial score (nSPS) is 30.2. The third-order valence-electron chi connectivity index (χ3n) is 2.20. The Morgan fingerprint density at radius 2 is 2.54 bits per heavy atom. The van der Waals surface area contributed by atoms with Gasteiger partial charge in [0.25, 0.3) is 0 Å². The fourth-order valence-corrected chi connectivity index (χ4v) is 1.58. The maximum Gasteiger partial charge on any atom is 0.408 e. The van der Waals surface area contributed by atoms with Gasteiger partial charge in [0.15, 0.2) is 0 Å². The number of hydrogen-bond donors (Lipinski definition) is 1. The second-order valence-electron chi connectivity index (χ2n) is 3.01. The number of esters is 1. The zero-order valence-corrected chi connectivity index (χ0v) is 7.07. The van der Waals surface area contributed by atoms with Gasteiger partial charge in [-0.3, -0.25) is 0 Å². The van der Waals surface area contributed by atoms with Gasteiger partial charge in [0.05, 0.1) is 13.2 Å². The highest BCUT2D eigenvalue weighted by Crippen LogP contribution is 2.26. The summed E-state index contributed by atoms with van der Waals surface area (Å²) >= 11 is 0. The number of amides is 1. The minimum atomic E-state index is -0.421. The zero-order chi connectivity index (χ0) is 9.42. The van der Waals surface area contributed by atoms with Crippen LogP contribution in [0, 0.1) is 0 Å². The van der Waals surface area contributed by atoms with Crippen LogP contribution in [0.2, 0.25) is 0 Å². The second-order valence-corrected chi connectivity index (χ2v) is 3.01. The highest BCUT2D eigenvalue weighted by Gasteiger charge is 2.39. The van der Waals surface area contributed by atoms with E-state index < -0.39 is 6.09 Å². The molecule has 0 aromatic carbocycles. The molecule has 5 nitrogen and oxygen atoms in total. The van der Waals surface area contributed by atoms with Crippen LogP contribution in [0.15, 0.2) is 11.6 Å². The molecule has 13 heavy (non-hydrogen) atoms. The summed E-state index contributed by atoms with van der Waals surface area (Å²) < 4.78 is 9.43. The Hall–Kier alpha value is -1.52. The molecule has 1 fully saturated rings. The summed E-state index contributed by atoms with van der Waals surface area (Å²) in [6, 6.07) is -0.0957. The minimum absolute atomic E-state index is 0.0957. The van der Waals surface area contributed by atoms with Crippen molar-refractivity contribution in [2.75, 3.05) is 7.11 Å². The van der Waals surface area contributed by atoms with E-state index >= 15 is 0 Å². The molecule has 0 bridgehead atoms. The fraction of sp³-hybridized carbons (Fsp3) is 0.500. The van der Waals surface area contributed by atoms with Crippen molar-refractivity contribution in [2.45, 2.75) is 18.6 Å². The average molecular weight is 183 g/mol. The maximum absolute atomic E-state index is 11.1. The smallest absolute Gasteiger partial charge is 0.408 e. The van der Waals surface area contributed by atoms with Crippen molar-refractivity contribution in [2.24, 2.45) is 0 Å². The van der Waals surface area contributed by atoms with Crippen LogP contribution in [0.4, 0.5) is 4.79 Å². The molecule has 0 radical (unpaired) electrons. The lowest BCUT2D eigenvalue weighted by Gasteiger charge is -2.03. The molecule has 70 valence electrons. The van der Waals surface area contributed by atoms with Crippen LogP contribution >= 0.6 is 0 Å². The van der Waals surface area contributed by atoms with Crippen LogP contribution in [-0.2, 0) is 14.3 Å². The van der Waals surface area contributed by atoms with Gasteiger partial charge in [-0.25, -0.2) is 9.59 Å². The Kier molecular flexibility index (Phi) is 1.72. The number of ether oxygens (including phenoxy) is 2. The second kappa shape index (κ2) is 2.76. The molecule has 5 heteroatoms. The van der Waals surface area contributed by atoms with Crippen molar-refractivity contribution in [3.8, 4) is 0 Å². The molecule has 1 unspecified atom stereocenters. The van der Waals surface area contributed by atoms with Crippen LogP contribution < -0.4 is 5.32 Å². The van der Waals surface area contributed by atoms with Gasteiger partial charge in [-0.2, -0.15) is 0 Å². The van der Waals surface area contributed by atoms with E-state index in [2.05, 4.69) is 10.1 Å². The van der Waals surface area contributed by atoms with E-state index in [1.807, 2.05) is 0 Å². The van der Waals surface area contributed by atoms with E-state index in [1.54, 1.807) is 6.08 Å². The molecule has 1 aliphatic carbocycles. The van der Waals surface area contributed by atoms with E-state index in [-0.39, 0.29) is 18.1 Å². The van der Waals surface area contributed by atoms with Gasteiger partial charge in [0.2, 0.25) is 0 Å². The van der Waals surface area contributed by atoms with Crippen molar-refractivity contribution in [3.05, 3.63) is 11.6 Å². The summed E-state index contributed by atoms with van der Waals surface area (Å²) in [6.07, 6.45) is 1.40. The maximum atomic E-state index is 11.1. The molecule has 2 rings (SSSR count). The first-order valence-electron chi connectivity index (χ1n) is 3.97. The van der Waals surface area contributed by atoms with Gasteiger partial charge in [0, 0.05) is 12.0 Å². The van der Waals surface area contributed by atoms with Gasteiger partial charge in [0.1, 0.15) is 6.10 Å². The Morgan fingerprint density at radius 3 is 3.15 bits per heavy atom. The summed E-state index contributed by atoms with van der Waals surface area (Å²) in [5, 5.41) is 2.60. The van der Waals surface area contributed by atoms with E-state index in [4.69, 9.17) is 4.74 Å². The van der Waals surface area contributed by atoms with Gasteiger partial charge < -0.3 is 14.8 Å². The molecule has 1 aliphatic heterocycles. The Bertz CT molecular complexity index is 297. The average Bonchev–Trinajstić information content (AvgIpc) is 2.59. The zero-order valence-electron chi connectivity index (χ0n) is 7.07. The lowest BCUT2D eigenvalue weighted by Crippen LogP contribution is -2.27. The predicted molar refractivity (Wildman–Crippen MR) is 41.9 cm³/mol. The fourth-order valence-electron chi connectivity index (χ4n) is 1.58. The summed E-state index contributed by atoms with van der Waals surface area (Å²) in [6.45, 7) is 0. The molecule has 0 aromatic heterocycles. The molecule has 2 atom stereocenters. The van der Waals surface area contributed by atoms with Gasteiger partial charge in [-0.1, -0.05) is 0 Å². The summed E-state index contributed by atoms with van der Waals surface area (Å²) in [5.74, 6) is -0.354. The molecule has 1 N–H and O–H groups in total. The minimum Gasteiger partial charge on any atom is -0.466 e. The first-order chi connectivity index (χ1) is 6.20. The van der Waals surface area contributed by atoms with Crippen LogP contribution in [0.25, 0.3) is 0 Å². The number of nitrogens with one attached hydrogen (secondary N) is 1. The molecule has 1 saturated heterocycles. The molecule has 1 amide bonds. The monoisotopic (exact) mass is 183 g/mol. The Morgan fingerprint density at radius 1 is 1.77 bits per heavy atom. The third-order valence-corrected chi connectivity index (χ3v) is 2.20. The summed E-state index contributed by atoms with van der Waals surface area (Å²) in [4.78, 5) is 21.8. The summed E-state index contributed by atoms with van der Waals surface area (Å²) in [7, 11) is 1.33. The number of rotatable bonds is 1. The number of carbonyl (C=O) groups is 2. The third kappa shape index (κ3) is 1.26. The van der Waals surface area contributed by atoms with Crippen molar-refractivity contribution in [3.63, 3.8) is 0 Å². The van der Waals surface area contributed by atoms with Crippen molar-refractivity contribution in [1.82, 2.24) is 5.32 Å². The molecule has 0 saturated carbocycles. The highest BCUT2D eigenvalue weighted by molar-refractivity contribution is 5.90. The van der Waals surface area contributed by atoms with E-state index in [1.165, 1.54) is 7.11 Å². The van der Waals surface area contributed by atoms with Gasteiger partial charge >= 0.3 is 12.1 Å². The van der Waals surface area contributed by atoms with E-state index in [0.717, 1.165) is 0 Å². The first kappa shape index (κ1) is 8.10. The molecule has 2 aliphatic rings. The van der Waals surface area contributed by atoms with E-state index in [9.17, 15) is 9.59 Å². The van der Waals surface area contributed by atoms with Gasteiger partial charge in [-0.15, -0.1) is 0 Å². The number of fused-ring (bicyclic) bond motifs is 1. The van der Waals surface area contributed by atoms with Crippen LogP contribution in [0.3, 0.4) is 0 Å². The topological polar surface area (TPSA) is 64.6 Å². The molecular formula is C8H9NO4. The number of methoxy groups -OCH3 is 1. The molecule has 1 heterocycles. The standard InChI is InChI=1S/C8H9NO4/c1-12-7(10)4-2-5-6(3-4)13-8(11)9-5/h3,5-6H,2H2,1H3,(H,9,11)/t5?,6-/m1/s1. The lowest BCUT2D eigenvalue weighted by atomic mass is 10.2. The van der Waals surface area contributed by atoms with Gasteiger partial charge in [-0.05, 0) is 6.08 Å². The molecule has 0 aromatic rings. The van der Waals surface area contributed by atoms with Crippen molar-refractivity contribution in [1.29, 1.82) is 0 Å². The Balaban J connectivity index is 2.09. The largest absolute Gasteiger partial charge is 0.466 e. The molecular weight excluding hydrogens is 174 g/mol. The lowest BCUT2D eigenvalue weighted by molar-refractivity contribution is -0.136. The van der Waals surface area contributed by atoms with E-state index in [0.29, 0.717) is 12.0 Å². The van der Waals surface area contributed by atoms with Crippen LogP contribution in [-0.4, -0.2) is 31.3 Å². The van der Waals surface area contributed by atoms with Crippen LogP contribution in [0.5, 0.6) is 0 Å². The number of alkyl carbamates (subject to hydrolysis) is 1. The number of carbonyl (C=O) groups excluding carboxylic acids is 2. The highest BCUT2D eigenvalue weighted by atomic mass is 16.6. The quantitative estimate of drug-likeness (QED) is 0.579. The molecule has 0 spiro atoms. The summed E-state index contributed by atoms with van der Waals surface area (Å²) in [5.41, 5.74) is 0.567. The SMILES string of the molecule is COC(=O)C1=C[C@H]2OC(=O)NC2C1. The first-order valence-corrected chi connectivity index (χ1v) is 3.97. The van der Waals surface area contributed by atoms with Crippen LogP contribution in [0.1, 0.15) is 6.42 Å². The number of hydrogen-bond acceptors (Lipinski definition) is 4. The predicted octanol–water partition coefficient (Wildman–Crippen LogP) is -0.0335.